The lowest BCUT2D eigenvalue weighted by atomic mass is 10.0. The van der Waals surface area contributed by atoms with Crippen LogP contribution in [0.25, 0.3) is 0 Å². The molecule has 1 aliphatic rings. The van der Waals surface area contributed by atoms with Crippen LogP contribution in [0.5, 0.6) is 5.75 Å². The SMILES string of the molecule is Cc1cccnc1COc1cccc2c1NCCC2. The van der Waals surface area contributed by atoms with Gasteiger partial charge in [-0.05, 0) is 43.0 Å². The fourth-order valence-corrected chi connectivity index (χ4v) is 2.41. The van der Waals surface area contributed by atoms with Gasteiger partial charge in [-0.2, -0.15) is 0 Å². The van der Waals surface area contributed by atoms with E-state index in [9.17, 15) is 0 Å². The summed E-state index contributed by atoms with van der Waals surface area (Å²) in [7, 11) is 0. The predicted molar refractivity (Wildman–Crippen MR) is 76.6 cm³/mol. The Bertz CT molecular complexity index is 581. The minimum Gasteiger partial charge on any atom is -0.485 e. The number of hydrogen-bond donors (Lipinski definition) is 1. The van der Waals surface area contributed by atoms with Gasteiger partial charge in [-0.3, -0.25) is 4.98 Å². The number of pyridine rings is 1. The molecule has 0 radical (unpaired) electrons. The molecule has 3 heteroatoms. The molecule has 0 saturated carbocycles. The molecule has 1 aromatic heterocycles. The Balaban J connectivity index is 1.79. The third kappa shape index (κ3) is 2.55. The fraction of sp³-hybridized carbons (Fsp3) is 0.312. The number of para-hydroxylation sites is 1. The zero-order valence-electron chi connectivity index (χ0n) is 11.1. The van der Waals surface area contributed by atoms with Gasteiger partial charge in [-0.25, -0.2) is 0 Å². The van der Waals surface area contributed by atoms with Crippen molar-refractivity contribution in [3.8, 4) is 5.75 Å². The quantitative estimate of drug-likeness (QED) is 0.912. The molecule has 0 fully saturated rings. The number of ether oxygens (including phenoxy) is 1. The first-order chi connectivity index (χ1) is 9.34. The number of anilines is 1. The average molecular weight is 254 g/mol. The second-order valence-electron chi connectivity index (χ2n) is 4.88. The summed E-state index contributed by atoms with van der Waals surface area (Å²) in [5.74, 6) is 0.933. The number of benzene rings is 1. The molecule has 0 bridgehead atoms. The van der Waals surface area contributed by atoms with E-state index in [4.69, 9.17) is 4.74 Å². The summed E-state index contributed by atoms with van der Waals surface area (Å²) in [6.45, 7) is 3.60. The van der Waals surface area contributed by atoms with E-state index >= 15 is 0 Å². The van der Waals surface area contributed by atoms with Crippen LogP contribution >= 0.6 is 0 Å². The van der Waals surface area contributed by atoms with Crippen LogP contribution in [0, 0.1) is 6.92 Å². The van der Waals surface area contributed by atoms with Gasteiger partial charge >= 0.3 is 0 Å². The monoisotopic (exact) mass is 254 g/mol. The number of fused-ring (bicyclic) bond motifs is 1. The lowest BCUT2D eigenvalue weighted by molar-refractivity contribution is 0.301. The van der Waals surface area contributed by atoms with Gasteiger partial charge < -0.3 is 10.1 Å². The highest BCUT2D eigenvalue weighted by atomic mass is 16.5. The second kappa shape index (κ2) is 5.31. The molecule has 98 valence electrons. The Morgan fingerprint density at radius 2 is 2.21 bits per heavy atom. The molecule has 0 spiro atoms. The van der Waals surface area contributed by atoms with Crippen molar-refractivity contribution in [3.05, 3.63) is 53.3 Å². The van der Waals surface area contributed by atoms with Crippen LogP contribution in [0.15, 0.2) is 36.5 Å². The van der Waals surface area contributed by atoms with Gasteiger partial charge in [0.15, 0.2) is 0 Å². The normalized spacial score (nSPS) is 13.5. The van der Waals surface area contributed by atoms with Gasteiger partial charge in [0, 0.05) is 12.7 Å². The summed E-state index contributed by atoms with van der Waals surface area (Å²) in [6, 6.07) is 10.3. The van der Waals surface area contributed by atoms with E-state index in [1.54, 1.807) is 0 Å². The summed E-state index contributed by atoms with van der Waals surface area (Å²) in [4.78, 5) is 4.36. The van der Waals surface area contributed by atoms with Crippen molar-refractivity contribution >= 4 is 5.69 Å². The topological polar surface area (TPSA) is 34.1 Å². The van der Waals surface area contributed by atoms with Gasteiger partial charge in [-0.1, -0.05) is 18.2 Å². The third-order valence-corrected chi connectivity index (χ3v) is 3.52. The molecule has 2 aromatic rings. The van der Waals surface area contributed by atoms with Crippen molar-refractivity contribution in [3.63, 3.8) is 0 Å². The van der Waals surface area contributed by atoms with Crippen LogP contribution in [0.1, 0.15) is 23.2 Å². The van der Waals surface area contributed by atoms with Crippen molar-refractivity contribution in [2.24, 2.45) is 0 Å². The van der Waals surface area contributed by atoms with Crippen molar-refractivity contribution in [2.75, 3.05) is 11.9 Å². The van der Waals surface area contributed by atoms with Gasteiger partial charge in [0.1, 0.15) is 12.4 Å². The highest BCUT2D eigenvalue weighted by Gasteiger charge is 2.13. The first kappa shape index (κ1) is 12.0. The first-order valence-corrected chi connectivity index (χ1v) is 6.73. The van der Waals surface area contributed by atoms with Crippen LogP contribution in [0.3, 0.4) is 0 Å². The van der Waals surface area contributed by atoms with Gasteiger partial charge in [0.25, 0.3) is 0 Å². The maximum atomic E-state index is 5.95. The molecule has 3 nitrogen and oxygen atoms in total. The van der Waals surface area contributed by atoms with Crippen LogP contribution in [-0.4, -0.2) is 11.5 Å². The molecule has 0 saturated heterocycles. The van der Waals surface area contributed by atoms with Gasteiger partial charge in [0.05, 0.1) is 11.4 Å². The molecule has 1 N–H and O–H groups in total. The molecule has 0 aliphatic carbocycles. The molecule has 1 aromatic carbocycles. The zero-order valence-corrected chi connectivity index (χ0v) is 11.1. The van der Waals surface area contributed by atoms with E-state index < -0.39 is 0 Å². The molecule has 3 rings (SSSR count). The summed E-state index contributed by atoms with van der Waals surface area (Å²) < 4.78 is 5.95. The molecule has 2 heterocycles. The number of nitrogens with one attached hydrogen (secondary N) is 1. The maximum absolute atomic E-state index is 5.95. The Morgan fingerprint density at radius 3 is 3.11 bits per heavy atom. The Labute approximate surface area is 113 Å². The predicted octanol–water partition coefficient (Wildman–Crippen LogP) is 3.33. The third-order valence-electron chi connectivity index (χ3n) is 3.52. The van der Waals surface area contributed by atoms with E-state index in [0.29, 0.717) is 6.61 Å². The van der Waals surface area contributed by atoms with E-state index in [-0.39, 0.29) is 0 Å². The lowest BCUT2D eigenvalue weighted by Gasteiger charge is -2.21. The minimum atomic E-state index is 0.519. The molecular formula is C16H18N2O. The molecular weight excluding hydrogens is 236 g/mol. The largest absolute Gasteiger partial charge is 0.485 e. The standard InChI is InChI=1S/C16H18N2O/c1-12-5-3-9-17-14(12)11-19-15-8-2-6-13-7-4-10-18-16(13)15/h2-3,5-6,8-9,18H,4,7,10-11H2,1H3. The van der Waals surface area contributed by atoms with Crippen molar-refractivity contribution in [2.45, 2.75) is 26.4 Å². The zero-order chi connectivity index (χ0) is 13.1. The number of rotatable bonds is 3. The highest BCUT2D eigenvalue weighted by Crippen LogP contribution is 2.32. The first-order valence-electron chi connectivity index (χ1n) is 6.73. The minimum absolute atomic E-state index is 0.519. The summed E-state index contributed by atoms with van der Waals surface area (Å²) in [5.41, 5.74) is 4.67. The number of nitrogens with zero attached hydrogens (tertiary/aromatic N) is 1. The fourth-order valence-electron chi connectivity index (χ4n) is 2.41. The van der Waals surface area contributed by atoms with Gasteiger partial charge in [-0.15, -0.1) is 0 Å². The van der Waals surface area contributed by atoms with E-state index in [2.05, 4.69) is 35.4 Å². The van der Waals surface area contributed by atoms with Crippen LogP contribution < -0.4 is 10.1 Å². The number of aryl methyl sites for hydroxylation is 2. The highest BCUT2D eigenvalue weighted by molar-refractivity contribution is 5.63. The Kier molecular flexibility index (Phi) is 3.36. The summed E-state index contributed by atoms with van der Waals surface area (Å²) in [5, 5.41) is 3.44. The van der Waals surface area contributed by atoms with Crippen molar-refractivity contribution in [1.29, 1.82) is 0 Å². The second-order valence-corrected chi connectivity index (χ2v) is 4.88. The molecule has 1 aliphatic heterocycles. The summed E-state index contributed by atoms with van der Waals surface area (Å²) in [6.07, 6.45) is 4.13. The van der Waals surface area contributed by atoms with Crippen molar-refractivity contribution < 1.29 is 4.74 Å². The van der Waals surface area contributed by atoms with E-state index in [0.717, 1.165) is 30.1 Å². The number of hydrogen-bond acceptors (Lipinski definition) is 3. The smallest absolute Gasteiger partial charge is 0.143 e. The maximum Gasteiger partial charge on any atom is 0.143 e. The Hall–Kier alpha value is -2.03. The molecule has 19 heavy (non-hydrogen) atoms. The van der Waals surface area contributed by atoms with E-state index in [1.807, 2.05) is 18.3 Å². The summed E-state index contributed by atoms with van der Waals surface area (Å²) >= 11 is 0. The van der Waals surface area contributed by atoms with Gasteiger partial charge in [0.2, 0.25) is 0 Å². The van der Waals surface area contributed by atoms with Crippen molar-refractivity contribution in [1.82, 2.24) is 4.98 Å². The molecule has 0 amide bonds. The molecule has 0 unspecified atom stereocenters. The van der Waals surface area contributed by atoms with Crippen LogP contribution in [0.4, 0.5) is 5.69 Å². The molecule has 0 atom stereocenters. The van der Waals surface area contributed by atoms with E-state index in [1.165, 1.54) is 17.5 Å². The lowest BCUT2D eigenvalue weighted by Crippen LogP contribution is -2.13. The average Bonchev–Trinajstić information content (AvgIpc) is 2.46. The van der Waals surface area contributed by atoms with Crippen LogP contribution in [-0.2, 0) is 13.0 Å². The number of aromatic nitrogens is 1. The van der Waals surface area contributed by atoms with Crippen LogP contribution in [0.2, 0.25) is 0 Å². The Morgan fingerprint density at radius 1 is 1.26 bits per heavy atom.